The van der Waals surface area contributed by atoms with Crippen LogP contribution in [0.25, 0.3) is 10.4 Å². The van der Waals surface area contributed by atoms with E-state index in [-0.39, 0.29) is 24.9 Å². The maximum atomic E-state index is 8.05. The van der Waals surface area contributed by atoms with E-state index in [1.807, 2.05) is 0 Å². The first-order valence-electron chi connectivity index (χ1n) is 4.25. The molecule has 1 heterocycles. The topological polar surface area (TPSA) is 67.2 Å². The van der Waals surface area contributed by atoms with Gasteiger partial charge in [-0.1, -0.05) is 5.11 Å². The maximum absolute atomic E-state index is 8.05. The summed E-state index contributed by atoms with van der Waals surface area (Å²) in [6.45, 7) is -0.0156. The van der Waals surface area contributed by atoms with Crippen LogP contribution in [0.1, 0.15) is 12.8 Å². The van der Waals surface area contributed by atoms with Crippen LogP contribution in [0.4, 0.5) is 0 Å². The van der Waals surface area contributed by atoms with Crippen LogP contribution in [0.2, 0.25) is 0 Å². The molecule has 14 heavy (non-hydrogen) atoms. The van der Waals surface area contributed by atoms with E-state index in [1.54, 1.807) is 0 Å². The fraction of sp³-hybridized carbons (Fsp3) is 0.750. The zero-order chi connectivity index (χ0) is 10.4. The highest BCUT2D eigenvalue weighted by atomic mass is 16.6. The molecular weight excluding hydrogens is 181 g/mol. The van der Waals surface area contributed by atoms with Crippen LogP contribution in [-0.2, 0) is 9.47 Å². The lowest BCUT2D eigenvalue weighted by Crippen LogP contribution is -2.24. The van der Waals surface area contributed by atoms with Gasteiger partial charge in [-0.05, 0) is 12.0 Å². The standard InChI is InChI=1S/C8H10BN3O2/c1-2-3-6-7(4-8(9)14-6)13-5-11-12-10/h1,6-8H,3-5H2. The van der Waals surface area contributed by atoms with Crippen molar-refractivity contribution in [2.45, 2.75) is 31.1 Å². The van der Waals surface area contributed by atoms with Crippen molar-refractivity contribution in [1.29, 1.82) is 0 Å². The van der Waals surface area contributed by atoms with Gasteiger partial charge in [-0.15, -0.1) is 12.3 Å². The third-order valence-corrected chi connectivity index (χ3v) is 1.96. The molecule has 5 nitrogen and oxygen atoms in total. The third kappa shape index (κ3) is 2.97. The van der Waals surface area contributed by atoms with Crippen molar-refractivity contribution >= 4 is 7.85 Å². The van der Waals surface area contributed by atoms with E-state index in [2.05, 4.69) is 15.9 Å². The Morgan fingerprint density at radius 2 is 2.57 bits per heavy atom. The molecule has 0 aromatic heterocycles. The van der Waals surface area contributed by atoms with Crippen molar-refractivity contribution in [3.05, 3.63) is 10.4 Å². The molecule has 0 spiro atoms. The molecule has 0 amide bonds. The van der Waals surface area contributed by atoms with Gasteiger partial charge in [0, 0.05) is 17.3 Å². The molecular formula is C8H10BN3O2. The third-order valence-electron chi connectivity index (χ3n) is 1.96. The lowest BCUT2D eigenvalue weighted by molar-refractivity contribution is -0.00759. The summed E-state index contributed by atoms with van der Waals surface area (Å²) in [5, 5.41) is 3.27. The van der Waals surface area contributed by atoms with Gasteiger partial charge in [0.15, 0.2) is 0 Å². The number of nitrogens with zero attached hydrogens (tertiary/aromatic N) is 3. The Kier molecular flexibility index (Phi) is 4.34. The molecule has 0 aromatic carbocycles. The Balaban J connectivity index is 2.41. The number of azide groups is 1. The van der Waals surface area contributed by atoms with E-state index >= 15 is 0 Å². The monoisotopic (exact) mass is 191 g/mol. The van der Waals surface area contributed by atoms with Crippen molar-refractivity contribution in [2.75, 3.05) is 6.73 Å². The molecule has 1 aliphatic rings. The molecule has 0 aliphatic carbocycles. The summed E-state index contributed by atoms with van der Waals surface area (Å²) in [6, 6.07) is -0.343. The molecule has 3 atom stereocenters. The average molecular weight is 191 g/mol. The molecule has 0 N–H and O–H groups in total. The zero-order valence-electron chi connectivity index (χ0n) is 7.67. The molecule has 0 aromatic rings. The first-order chi connectivity index (χ1) is 6.77. The highest BCUT2D eigenvalue weighted by Crippen LogP contribution is 2.23. The molecule has 72 valence electrons. The normalized spacial score (nSPS) is 30.6. The predicted molar refractivity (Wildman–Crippen MR) is 51.4 cm³/mol. The lowest BCUT2D eigenvalue weighted by atomic mass is 9.96. The van der Waals surface area contributed by atoms with Gasteiger partial charge in [-0.3, -0.25) is 0 Å². The molecule has 0 bridgehead atoms. The SMILES string of the molecule is [B]C1CC(OCN=[N+]=[N-])C(CC#C)O1. The average Bonchev–Trinajstić information content (AvgIpc) is 2.48. The van der Waals surface area contributed by atoms with Crippen molar-refractivity contribution in [1.82, 2.24) is 0 Å². The number of terminal acetylenes is 1. The summed E-state index contributed by atoms with van der Waals surface area (Å²) in [4.78, 5) is 2.57. The van der Waals surface area contributed by atoms with E-state index in [0.717, 1.165) is 0 Å². The van der Waals surface area contributed by atoms with E-state index in [1.165, 1.54) is 0 Å². The summed E-state index contributed by atoms with van der Waals surface area (Å²) >= 11 is 0. The van der Waals surface area contributed by atoms with Crippen molar-refractivity contribution in [3.8, 4) is 12.3 Å². The summed E-state index contributed by atoms with van der Waals surface area (Å²) in [5.41, 5.74) is 8.05. The summed E-state index contributed by atoms with van der Waals surface area (Å²) in [5.74, 6) is 2.49. The van der Waals surface area contributed by atoms with E-state index in [4.69, 9.17) is 29.3 Å². The lowest BCUT2D eigenvalue weighted by Gasteiger charge is -2.15. The molecule has 1 aliphatic heterocycles. The minimum atomic E-state index is -0.343. The maximum Gasteiger partial charge on any atom is 0.126 e. The Morgan fingerprint density at radius 3 is 3.21 bits per heavy atom. The first-order valence-corrected chi connectivity index (χ1v) is 4.25. The second-order valence-corrected chi connectivity index (χ2v) is 2.92. The van der Waals surface area contributed by atoms with Crippen LogP contribution < -0.4 is 0 Å². The second kappa shape index (κ2) is 5.56. The predicted octanol–water partition coefficient (Wildman–Crippen LogP) is 0.946. The Morgan fingerprint density at radius 1 is 1.79 bits per heavy atom. The van der Waals surface area contributed by atoms with Crippen LogP contribution in [0.3, 0.4) is 0 Å². The molecule has 1 fully saturated rings. The number of rotatable bonds is 4. The fourth-order valence-electron chi connectivity index (χ4n) is 1.37. The highest BCUT2D eigenvalue weighted by Gasteiger charge is 2.32. The zero-order valence-corrected chi connectivity index (χ0v) is 7.67. The van der Waals surface area contributed by atoms with Crippen LogP contribution in [-0.4, -0.2) is 32.8 Å². The summed E-state index contributed by atoms with van der Waals surface area (Å²) in [7, 11) is 5.58. The minimum absolute atomic E-state index is 0.0156. The van der Waals surface area contributed by atoms with Crippen LogP contribution >= 0.6 is 0 Å². The fourth-order valence-corrected chi connectivity index (χ4v) is 1.37. The van der Waals surface area contributed by atoms with Gasteiger partial charge < -0.3 is 9.47 Å². The second-order valence-electron chi connectivity index (χ2n) is 2.92. The van der Waals surface area contributed by atoms with Crippen molar-refractivity contribution in [2.24, 2.45) is 5.11 Å². The molecule has 2 radical (unpaired) electrons. The molecule has 1 saturated heterocycles. The van der Waals surface area contributed by atoms with Gasteiger partial charge in [-0.25, -0.2) is 0 Å². The Hall–Kier alpha value is -1.15. The van der Waals surface area contributed by atoms with E-state index in [9.17, 15) is 0 Å². The highest BCUT2D eigenvalue weighted by molar-refractivity contribution is 6.11. The molecule has 3 unspecified atom stereocenters. The summed E-state index contributed by atoms with van der Waals surface area (Å²) < 4.78 is 10.6. The van der Waals surface area contributed by atoms with E-state index < -0.39 is 0 Å². The molecule has 6 heteroatoms. The number of ether oxygens (including phenoxy) is 2. The van der Waals surface area contributed by atoms with Gasteiger partial charge in [0.05, 0.1) is 12.2 Å². The van der Waals surface area contributed by atoms with Crippen LogP contribution in [0.5, 0.6) is 0 Å². The molecule has 1 rings (SSSR count). The molecule has 0 saturated carbocycles. The number of hydrogen-bond acceptors (Lipinski definition) is 3. The van der Waals surface area contributed by atoms with Crippen LogP contribution in [0, 0.1) is 12.3 Å². The van der Waals surface area contributed by atoms with Gasteiger partial charge in [-0.2, -0.15) is 0 Å². The van der Waals surface area contributed by atoms with Gasteiger partial charge in [0.1, 0.15) is 14.6 Å². The van der Waals surface area contributed by atoms with Crippen molar-refractivity contribution in [3.63, 3.8) is 0 Å². The van der Waals surface area contributed by atoms with Crippen LogP contribution in [0.15, 0.2) is 5.11 Å². The smallest absolute Gasteiger partial charge is 0.126 e. The first kappa shape index (κ1) is 10.9. The van der Waals surface area contributed by atoms with Crippen molar-refractivity contribution < 1.29 is 9.47 Å². The quantitative estimate of drug-likeness (QED) is 0.218. The minimum Gasteiger partial charge on any atom is -0.381 e. The summed E-state index contributed by atoms with van der Waals surface area (Å²) in [6.07, 6.45) is 5.83. The van der Waals surface area contributed by atoms with Gasteiger partial charge >= 0.3 is 0 Å². The largest absolute Gasteiger partial charge is 0.381 e. The Bertz CT molecular complexity index is 272. The van der Waals surface area contributed by atoms with Gasteiger partial charge in [0.2, 0.25) is 0 Å². The van der Waals surface area contributed by atoms with Gasteiger partial charge in [0.25, 0.3) is 0 Å². The van der Waals surface area contributed by atoms with E-state index in [0.29, 0.717) is 12.8 Å². The Labute approximate surface area is 83.8 Å². The number of hydrogen-bond donors (Lipinski definition) is 0.